The van der Waals surface area contributed by atoms with Gasteiger partial charge in [0, 0.05) is 4.91 Å². The summed E-state index contributed by atoms with van der Waals surface area (Å²) in [5, 5.41) is 1.82. The van der Waals surface area contributed by atoms with E-state index < -0.39 is 39.9 Å². The lowest BCUT2D eigenvalue weighted by Crippen LogP contribution is -2.62. The van der Waals surface area contributed by atoms with Crippen LogP contribution in [0.5, 0.6) is 0 Å². The van der Waals surface area contributed by atoms with Crippen LogP contribution < -0.4 is 0 Å². The third kappa shape index (κ3) is 7.62. The zero-order chi connectivity index (χ0) is 26.8. The van der Waals surface area contributed by atoms with Gasteiger partial charge in [-0.05, 0) is 22.2 Å². The number of hydrogen-bond donors (Lipinski definition) is 1. The number of benzene rings is 3. The highest BCUT2D eigenvalue weighted by atomic mass is 32.2. The van der Waals surface area contributed by atoms with Crippen LogP contribution in [0.25, 0.3) is 10.4 Å². The molecule has 11 heteroatoms. The molecule has 1 fully saturated rings. The monoisotopic (exact) mass is 539 g/mol. The van der Waals surface area contributed by atoms with Crippen molar-refractivity contribution in [2.24, 2.45) is 5.11 Å². The van der Waals surface area contributed by atoms with Crippen molar-refractivity contribution in [3.05, 3.63) is 118 Å². The van der Waals surface area contributed by atoms with E-state index in [2.05, 4.69) is 10.0 Å². The molecule has 1 aliphatic rings. The summed E-state index contributed by atoms with van der Waals surface area (Å²) in [6.45, 7) is 0.424. The van der Waals surface area contributed by atoms with Crippen LogP contribution in [-0.2, 0) is 48.9 Å². The summed E-state index contributed by atoms with van der Waals surface area (Å²) in [6, 6.07) is 28.0. The summed E-state index contributed by atoms with van der Waals surface area (Å²) in [4.78, 5) is 2.74. The molecule has 1 N–H and O–H groups in total. The van der Waals surface area contributed by atoms with Crippen molar-refractivity contribution >= 4 is 10.1 Å². The molecule has 0 spiro atoms. The first-order valence-corrected chi connectivity index (χ1v) is 13.5. The van der Waals surface area contributed by atoms with Gasteiger partial charge in [-0.1, -0.05) is 96.1 Å². The molecule has 0 aromatic heterocycles. The van der Waals surface area contributed by atoms with E-state index in [4.69, 9.17) is 24.5 Å². The minimum absolute atomic E-state index is 0.00477. The van der Waals surface area contributed by atoms with Crippen LogP contribution in [0, 0.1) is 0 Å². The van der Waals surface area contributed by atoms with Gasteiger partial charge >= 0.3 is 0 Å². The maximum atomic E-state index is 12.5. The van der Waals surface area contributed by atoms with Crippen LogP contribution >= 0.6 is 0 Å². The Kier molecular flexibility index (Phi) is 9.85. The zero-order valence-corrected chi connectivity index (χ0v) is 21.3. The minimum Gasteiger partial charge on any atom is -0.374 e. The van der Waals surface area contributed by atoms with Crippen molar-refractivity contribution in [1.82, 2.24) is 0 Å². The highest BCUT2D eigenvalue weighted by molar-refractivity contribution is 7.86. The molecule has 38 heavy (non-hydrogen) atoms. The molecule has 3 unspecified atom stereocenters. The summed E-state index contributed by atoms with van der Waals surface area (Å²) in [5.41, 5.74) is 11.7. The highest BCUT2D eigenvalue weighted by Gasteiger charge is 2.52. The fourth-order valence-corrected chi connectivity index (χ4v) is 5.27. The summed E-state index contributed by atoms with van der Waals surface area (Å²) < 4.78 is 59.3. The first-order valence-electron chi connectivity index (χ1n) is 12.0. The lowest BCUT2D eigenvalue weighted by Gasteiger charge is -2.43. The Morgan fingerprint density at radius 2 is 1.26 bits per heavy atom. The molecule has 1 aliphatic heterocycles. The number of rotatable bonds is 12. The van der Waals surface area contributed by atoms with Gasteiger partial charge in [-0.15, -0.1) is 0 Å². The molecule has 0 saturated carbocycles. The van der Waals surface area contributed by atoms with E-state index in [-0.39, 0.29) is 26.4 Å². The molecule has 0 radical (unpaired) electrons. The van der Waals surface area contributed by atoms with Gasteiger partial charge in [-0.2, -0.15) is 8.42 Å². The van der Waals surface area contributed by atoms with Gasteiger partial charge in [0.25, 0.3) is 10.1 Å². The van der Waals surface area contributed by atoms with Gasteiger partial charge in [0.1, 0.15) is 23.6 Å². The Bertz CT molecular complexity index is 1290. The molecule has 0 aliphatic carbocycles. The second kappa shape index (κ2) is 13.5. The maximum Gasteiger partial charge on any atom is 0.273 e. The standard InChI is InChI=1S/C27H29N3O7S/c28-30-29-27-26(38(31,32)33)25(36-18-22-14-8-3-9-15-22)24(35-17-21-12-6-2-7-13-21)23(37-27)19-34-16-20-10-4-1-5-11-20/h1-15,23-27H,16-19H2,(H,31,32,33)/t23?,24-,25?,26?,27-/m1/s1. The van der Waals surface area contributed by atoms with Gasteiger partial charge < -0.3 is 18.9 Å². The van der Waals surface area contributed by atoms with Gasteiger partial charge in [-0.25, -0.2) is 0 Å². The molecule has 4 rings (SSSR count). The lowest BCUT2D eigenvalue weighted by atomic mass is 9.99. The fourth-order valence-electron chi connectivity index (χ4n) is 4.28. The topological polar surface area (TPSA) is 140 Å². The summed E-state index contributed by atoms with van der Waals surface area (Å²) in [6.07, 6.45) is -4.63. The second-order valence-corrected chi connectivity index (χ2v) is 10.3. The van der Waals surface area contributed by atoms with Gasteiger partial charge in [0.2, 0.25) is 0 Å². The average molecular weight is 540 g/mol. The van der Waals surface area contributed by atoms with Crippen molar-refractivity contribution in [1.29, 1.82) is 0 Å². The van der Waals surface area contributed by atoms with E-state index in [9.17, 15) is 13.0 Å². The van der Waals surface area contributed by atoms with Crippen LogP contribution in [0.15, 0.2) is 96.1 Å². The summed E-state index contributed by atoms with van der Waals surface area (Å²) in [5.74, 6) is 0. The number of hydrogen-bond acceptors (Lipinski definition) is 7. The fraction of sp³-hybridized carbons (Fsp3) is 0.333. The highest BCUT2D eigenvalue weighted by Crippen LogP contribution is 2.32. The molecule has 10 nitrogen and oxygen atoms in total. The smallest absolute Gasteiger partial charge is 0.273 e. The van der Waals surface area contributed by atoms with Crippen LogP contribution in [0.3, 0.4) is 0 Å². The van der Waals surface area contributed by atoms with E-state index in [0.717, 1.165) is 16.7 Å². The maximum absolute atomic E-state index is 12.5. The van der Waals surface area contributed by atoms with Crippen LogP contribution in [0.4, 0.5) is 0 Å². The SMILES string of the molecule is [N-]=[N+]=N[C@@H]1OC(COCc2ccccc2)[C@@H](OCc2ccccc2)C(OCc2ccccc2)C1S(=O)(=O)O. The molecule has 0 amide bonds. The average Bonchev–Trinajstić information content (AvgIpc) is 2.92. The Balaban J connectivity index is 1.63. The number of azide groups is 1. The van der Waals surface area contributed by atoms with Crippen molar-refractivity contribution < 1.29 is 31.9 Å². The quantitative estimate of drug-likeness (QED) is 0.153. The van der Waals surface area contributed by atoms with E-state index in [1.807, 2.05) is 91.0 Å². The predicted molar refractivity (Wildman–Crippen MR) is 139 cm³/mol. The minimum atomic E-state index is -4.79. The third-order valence-corrected chi connectivity index (χ3v) is 7.27. The first kappa shape index (κ1) is 27.7. The van der Waals surface area contributed by atoms with Crippen molar-refractivity contribution in [3.63, 3.8) is 0 Å². The largest absolute Gasteiger partial charge is 0.374 e. The van der Waals surface area contributed by atoms with Crippen molar-refractivity contribution in [3.8, 4) is 0 Å². The van der Waals surface area contributed by atoms with Crippen molar-refractivity contribution in [2.75, 3.05) is 6.61 Å². The van der Waals surface area contributed by atoms with E-state index in [1.54, 1.807) is 0 Å². The first-order chi connectivity index (χ1) is 18.5. The second-order valence-electron chi connectivity index (χ2n) is 8.77. The molecule has 3 aromatic carbocycles. The molecule has 1 heterocycles. The molecule has 3 aromatic rings. The van der Waals surface area contributed by atoms with E-state index >= 15 is 0 Å². The molecule has 5 atom stereocenters. The number of ether oxygens (including phenoxy) is 4. The van der Waals surface area contributed by atoms with Gasteiger partial charge in [0.05, 0.1) is 26.4 Å². The summed E-state index contributed by atoms with van der Waals surface area (Å²) in [7, 11) is -4.79. The van der Waals surface area contributed by atoms with Gasteiger partial charge in [-0.3, -0.25) is 4.55 Å². The third-order valence-electron chi connectivity index (χ3n) is 6.08. The zero-order valence-electron chi connectivity index (χ0n) is 20.5. The van der Waals surface area contributed by atoms with Crippen LogP contribution in [-0.4, -0.2) is 49.4 Å². The Hall–Kier alpha value is -3.28. The Morgan fingerprint density at radius 3 is 1.74 bits per heavy atom. The normalized spacial score (nSPS) is 23.4. The lowest BCUT2D eigenvalue weighted by molar-refractivity contribution is -0.217. The van der Waals surface area contributed by atoms with Crippen molar-refractivity contribution in [2.45, 2.75) is 49.6 Å². The predicted octanol–water partition coefficient (Wildman–Crippen LogP) is 4.67. The Labute approximate surface area is 221 Å². The number of nitrogens with zero attached hydrogens (tertiary/aromatic N) is 3. The molecule has 200 valence electrons. The molecular formula is C27H29N3O7S. The van der Waals surface area contributed by atoms with Gasteiger partial charge in [0.15, 0.2) is 6.23 Å². The van der Waals surface area contributed by atoms with Crippen LogP contribution in [0.1, 0.15) is 16.7 Å². The van der Waals surface area contributed by atoms with E-state index in [0.29, 0.717) is 0 Å². The van der Waals surface area contributed by atoms with E-state index in [1.165, 1.54) is 0 Å². The molecule has 1 saturated heterocycles. The van der Waals surface area contributed by atoms with Crippen LogP contribution in [0.2, 0.25) is 0 Å². The Morgan fingerprint density at radius 1 is 0.789 bits per heavy atom. The molecular weight excluding hydrogens is 510 g/mol. The summed E-state index contributed by atoms with van der Waals surface area (Å²) >= 11 is 0. The molecule has 0 bridgehead atoms.